The Hall–Kier alpha value is -1.72. The van der Waals surface area contributed by atoms with Crippen molar-refractivity contribution in [2.45, 2.75) is 13.0 Å². The van der Waals surface area contributed by atoms with E-state index in [0.717, 1.165) is 28.0 Å². The monoisotopic (exact) mass is 258 g/mol. The van der Waals surface area contributed by atoms with Crippen molar-refractivity contribution < 1.29 is 0 Å². The molecule has 3 aromatic heterocycles. The highest BCUT2D eigenvalue weighted by molar-refractivity contribution is 7.07. The average Bonchev–Trinajstić information content (AvgIpc) is 2.98. The third kappa shape index (κ3) is 1.72. The van der Waals surface area contributed by atoms with Gasteiger partial charge in [-0.05, 0) is 19.1 Å². The second-order valence-corrected chi connectivity index (χ2v) is 5.13. The molecule has 3 aromatic rings. The third-order valence-electron chi connectivity index (χ3n) is 3.04. The van der Waals surface area contributed by atoms with Gasteiger partial charge in [0.15, 0.2) is 0 Å². The van der Waals surface area contributed by atoms with E-state index >= 15 is 0 Å². The fourth-order valence-electron chi connectivity index (χ4n) is 2.10. The lowest BCUT2D eigenvalue weighted by molar-refractivity contribution is 0.788. The van der Waals surface area contributed by atoms with Crippen LogP contribution in [0.1, 0.15) is 18.7 Å². The molecule has 0 aromatic carbocycles. The Morgan fingerprint density at radius 2 is 2.28 bits per heavy atom. The Morgan fingerprint density at radius 1 is 1.44 bits per heavy atom. The molecular formula is C13H14N4S. The summed E-state index contributed by atoms with van der Waals surface area (Å²) in [5.41, 5.74) is 12.8. The molecule has 18 heavy (non-hydrogen) atoms. The minimum absolute atomic E-state index is 0.105. The van der Waals surface area contributed by atoms with E-state index < -0.39 is 0 Å². The molecule has 0 aliphatic rings. The lowest BCUT2D eigenvalue weighted by Crippen LogP contribution is -2.09. The molecule has 4 nitrogen and oxygen atoms in total. The fraction of sp³-hybridized carbons (Fsp3) is 0.231. The van der Waals surface area contributed by atoms with Crippen LogP contribution in [0.5, 0.6) is 0 Å². The summed E-state index contributed by atoms with van der Waals surface area (Å²) in [6.07, 6.45) is 2.01. The van der Waals surface area contributed by atoms with Gasteiger partial charge in [0.2, 0.25) is 0 Å². The first-order chi connectivity index (χ1) is 8.66. The molecule has 0 spiro atoms. The number of hydrogen-bond acceptors (Lipinski definition) is 4. The Labute approximate surface area is 109 Å². The molecule has 3 rings (SSSR count). The molecule has 0 amide bonds. The maximum atomic E-state index is 6.02. The first kappa shape index (κ1) is 11.4. The van der Waals surface area contributed by atoms with Crippen LogP contribution < -0.4 is 5.73 Å². The summed E-state index contributed by atoms with van der Waals surface area (Å²) in [5, 5.41) is 2.03. The van der Waals surface area contributed by atoms with Crippen LogP contribution in [-0.4, -0.2) is 14.5 Å². The van der Waals surface area contributed by atoms with Crippen LogP contribution in [0, 0.1) is 0 Å². The van der Waals surface area contributed by atoms with E-state index in [-0.39, 0.29) is 6.04 Å². The molecule has 3 heterocycles. The van der Waals surface area contributed by atoms with E-state index in [1.54, 1.807) is 11.3 Å². The Balaban J connectivity index is 2.33. The first-order valence-corrected chi connectivity index (χ1v) is 6.71. The summed E-state index contributed by atoms with van der Waals surface area (Å²) in [6.45, 7) is 1.95. The number of nitrogens with zero attached hydrogens (tertiary/aromatic N) is 3. The number of rotatable bonds is 2. The molecule has 5 heteroatoms. The summed E-state index contributed by atoms with van der Waals surface area (Å²) in [7, 11) is 2.01. The van der Waals surface area contributed by atoms with E-state index in [2.05, 4.69) is 20.6 Å². The van der Waals surface area contributed by atoms with E-state index in [4.69, 9.17) is 5.73 Å². The molecule has 0 unspecified atom stereocenters. The van der Waals surface area contributed by atoms with Gasteiger partial charge in [-0.15, -0.1) is 11.3 Å². The zero-order valence-electron chi connectivity index (χ0n) is 10.3. The standard InChI is InChI=1S/C13H14N4S/c1-8(14)13-9(11-6-18-7-15-11)5-12-10(16-13)3-4-17(12)2/h3-8H,14H2,1-2H3/t8-/m0/s1. The number of aromatic nitrogens is 3. The molecule has 0 aliphatic heterocycles. The van der Waals surface area contributed by atoms with Crippen LogP contribution >= 0.6 is 11.3 Å². The highest BCUT2D eigenvalue weighted by Gasteiger charge is 2.14. The summed E-state index contributed by atoms with van der Waals surface area (Å²) < 4.78 is 2.06. The minimum atomic E-state index is -0.105. The van der Waals surface area contributed by atoms with E-state index in [1.807, 2.05) is 37.1 Å². The van der Waals surface area contributed by atoms with Crippen molar-refractivity contribution >= 4 is 22.4 Å². The van der Waals surface area contributed by atoms with Gasteiger partial charge in [-0.1, -0.05) is 0 Å². The number of aryl methyl sites for hydroxylation is 1. The summed E-state index contributed by atoms with van der Waals surface area (Å²) >= 11 is 1.58. The molecule has 0 saturated carbocycles. The molecule has 92 valence electrons. The predicted molar refractivity (Wildman–Crippen MR) is 74.4 cm³/mol. The predicted octanol–water partition coefficient (Wildman–Crippen LogP) is 2.72. The van der Waals surface area contributed by atoms with Crippen LogP contribution in [0.2, 0.25) is 0 Å². The molecule has 0 bridgehead atoms. The first-order valence-electron chi connectivity index (χ1n) is 5.77. The lowest BCUT2D eigenvalue weighted by Gasteiger charge is -2.11. The van der Waals surface area contributed by atoms with Gasteiger partial charge in [0.05, 0.1) is 27.9 Å². The number of nitrogens with two attached hydrogens (primary N) is 1. The lowest BCUT2D eigenvalue weighted by atomic mass is 10.1. The number of thiazole rings is 1. The molecule has 2 N–H and O–H groups in total. The number of hydrogen-bond donors (Lipinski definition) is 1. The quantitative estimate of drug-likeness (QED) is 0.769. The molecule has 1 atom stereocenters. The average molecular weight is 258 g/mol. The van der Waals surface area contributed by atoms with Gasteiger partial charge in [0.25, 0.3) is 0 Å². The van der Waals surface area contributed by atoms with E-state index in [9.17, 15) is 0 Å². The molecular weight excluding hydrogens is 244 g/mol. The Bertz CT molecular complexity index is 682. The largest absolute Gasteiger partial charge is 0.349 e. The third-order valence-corrected chi connectivity index (χ3v) is 3.62. The Kier molecular flexibility index (Phi) is 2.65. The van der Waals surface area contributed by atoms with Crippen LogP contribution in [0.15, 0.2) is 29.2 Å². The number of fused-ring (bicyclic) bond motifs is 1. The van der Waals surface area contributed by atoms with E-state index in [0.29, 0.717) is 0 Å². The molecule has 0 radical (unpaired) electrons. The van der Waals surface area contributed by atoms with Gasteiger partial charge in [0, 0.05) is 30.2 Å². The van der Waals surface area contributed by atoms with Crippen molar-refractivity contribution in [2.24, 2.45) is 12.8 Å². The van der Waals surface area contributed by atoms with Crippen molar-refractivity contribution in [1.82, 2.24) is 14.5 Å². The summed E-state index contributed by atoms with van der Waals surface area (Å²) in [5.74, 6) is 0. The summed E-state index contributed by atoms with van der Waals surface area (Å²) in [6, 6.07) is 4.02. The molecule has 0 aliphatic carbocycles. The van der Waals surface area contributed by atoms with Crippen molar-refractivity contribution in [3.8, 4) is 11.3 Å². The maximum absolute atomic E-state index is 6.02. The topological polar surface area (TPSA) is 56.7 Å². The van der Waals surface area contributed by atoms with Gasteiger partial charge < -0.3 is 10.3 Å². The van der Waals surface area contributed by atoms with Crippen molar-refractivity contribution in [1.29, 1.82) is 0 Å². The Morgan fingerprint density at radius 3 is 2.94 bits per heavy atom. The summed E-state index contributed by atoms with van der Waals surface area (Å²) in [4.78, 5) is 9.03. The van der Waals surface area contributed by atoms with Crippen molar-refractivity contribution in [3.05, 3.63) is 34.9 Å². The zero-order valence-corrected chi connectivity index (χ0v) is 11.1. The van der Waals surface area contributed by atoms with Gasteiger partial charge in [0.1, 0.15) is 0 Å². The highest BCUT2D eigenvalue weighted by Crippen LogP contribution is 2.29. The van der Waals surface area contributed by atoms with E-state index in [1.165, 1.54) is 0 Å². The van der Waals surface area contributed by atoms with Crippen LogP contribution in [0.3, 0.4) is 0 Å². The minimum Gasteiger partial charge on any atom is -0.349 e. The second-order valence-electron chi connectivity index (χ2n) is 4.41. The van der Waals surface area contributed by atoms with Gasteiger partial charge in [-0.3, -0.25) is 0 Å². The van der Waals surface area contributed by atoms with Crippen LogP contribution in [-0.2, 0) is 7.05 Å². The van der Waals surface area contributed by atoms with Gasteiger partial charge in [-0.2, -0.15) is 0 Å². The molecule has 0 saturated heterocycles. The normalized spacial score (nSPS) is 13.1. The SMILES string of the molecule is C[C@H](N)c1nc2ccn(C)c2cc1-c1cscn1. The van der Waals surface area contributed by atoms with Gasteiger partial charge in [-0.25, -0.2) is 9.97 Å². The van der Waals surface area contributed by atoms with Crippen molar-refractivity contribution in [2.75, 3.05) is 0 Å². The zero-order chi connectivity index (χ0) is 12.7. The second kappa shape index (κ2) is 4.19. The van der Waals surface area contributed by atoms with Gasteiger partial charge >= 0.3 is 0 Å². The highest BCUT2D eigenvalue weighted by atomic mass is 32.1. The smallest absolute Gasteiger partial charge is 0.0885 e. The van der Waals surface area contributed by atoms with Crippen molar-refractivity contribution in [3.63, 3.8) is 0 Å². The van der Waals surface area contributed by atoms with Crippen LogP contribution in [0.25, 0.3) is 22.3 Å². The van der Waals surface area contributed by atoms with Crippen LogP contribution in [0.4, 0.5) is 0 Å². The number of pyridine rings is 1. The maximum Gasteiger partial charge on any atom is 0.0885 e. The molecule has 0 fully saturated rings. The fourth-order valence-corrected chi connectivity index (χ4v) is 2.65.